The van der Waals surface area contributed by atoms with Crippen molar-refractivity contribution >= 4 is 28.6 Å². The Kier molecular flexibility index (Phi) is 4.79. The molecule has 2 aliphatic heterocycles. The monoisotopic (exact) mass is 487 g/mol. The van der Waals surface area contributed by atoms with Crippen LogP contribution < -0.4 is 5.69 Å². The van der Waals surface area contributed by atoms with E-state index in [0.29, 0.717) is 51.4 Å². The molecule has 0 aliphatic carbocycles. The molecule has 35 heavy (non-hydrogen) atoms. The number of aromatic hydroxyl groups is 1. The van der Waals surface area contributed by atoms with E-state index in [1.807, 2.05) is 6.07 Å². The second kappa shape index (κ2) is 7.89. The predicted molar refractivity (Wildman–Crippen MR) is 126 cm³/mol. The van der Waals surface area contributed by atoms with Gasteiger partial charge in [-0.3, -0.25) is 14.5 Å². The number of carbonyl (C=O) groups excluding carboxylic acids is 1. The minimum absolute atomic E-state index is 0.0242. The van der Waals surface area contributed by atoms with Gasteiger partial charge in [-0.25, -0.2) is 14.2 Å². The van der Waals surface area contributed by atoms with Crippen LogP contribution in [0.4, 0.5) is 4.79 Å². The number of pyridine rings is 1. The lowest BCUT2D eigenvalue weighted by Crippen LogP contribution is -2.38. The van der Waals surface area contributed by atoms with E-state index in [-0.39, 0.29) is 18.5 Å². The minimum Gasteiger partial charge on any atom is -0.493 e. The number of imidazole rings is 1. The molecule has 2 atom stereocenters. The van der Waals surface area contributed by atoms with Crippen LogP contribution in [0.2, 0.25) is 5.02 Å². The number of nitrogens with zero attached hydrogens (tertiary/aromatic N) is 5. The Hall–Kier alpha value is -4.29. The van der Waals surface area contributed by atoms with Crippen LogP contribution in [0.3, 0.4) is 0 Å². The first kappa shape index (κ1) is 21.3. The number of likely N-dealkylation sites (tertiary alicyclic amines) is 1. The molecule has 0 radical (unpaired) electrons. The summed E-state index contributed by atoms with van der Waals surface area (Å²) >= 11 is 6.16. The van der Waals surface area contributed by atoms with Gasteiger partial charge in [0, 0.05) is 28.7 Å². The maximum atomic E-state index is 13.4. The number of fused-ring (bicyclic) bond motifs is 6. The zero-order valence-corrected chi connectivity index (χ0v) is 19.0. The van der Waals surface area contributed by atoms with Crippen molar-refractivity contribution in [1.29, 1.82) is 5.26 Å². The van der Waals surface area contributed by atoms with Crippen molar-refractivity contribution in [3.63, 3.8) is 0 Å². The van der Waals surface area contributed by atoms with Crippen LogP contribution in [0.15, 0.2) is 59.5 Å². The lowest BCUT2D eigenvalue weighted by atomic mass is 10.1. The Morgan fingerprint density at radius 3 is 2.86 bits per heavy atom. The van der Waals surface area contributed by atoms with Gasteiger partial charge in [0.2, 0.25) is 5.88 Å². The van der Waals surface area contributed by atoms with Crippen molar-refractivity contribution in [1.82, 2.24) is 19.0 Å². The fourth-order valence-corrected chi connectivity index (χ4v) is 5.34. The molecule has 1 saturated heterocycles. The SMILES string of the molecule is N#Cc1ccc(-n2c(O)c3n(c2=O)[C@H]2C[C@@H]3N(C(=O)OCc3ccccc3Cl)C2)c2cccnc12. The molecule has 2 bridgehead atoms. The molecule has 10 heteroatoms. The molecule has 1 N–H and O–H groups in total. The van der Waals surface area contributed by atoms with Crippen LogP contribution in [0.5, 0.6) is 5.88 Å². The maximum absolute atomic E-state index is 13.4. The van der Waals surface area contributed by atoms with Gasteiger partial charge in [-0.15, -0.1) is 0 Å². The second-order valence-corrected chi connectivity index (χ2v) is 8.95. The zero-order chi connectivity index (χ0) is 24.3. The number of hydrogen-bond acceptors (Lipinski definition) is 6. The number of rotatable bonds is 3. The number of aromatic nitrogens is 3. The summed E-state index contributed by atoms with van der Waals surface area (Å²) in [5.74, 6) is -0.235. The average Bonchev–Trinajstić information content (AvgIpc) is 3.54. The molecule has 6 rings (SSSR count). The number of nitriles is 1. The third kappa shape index (κ3) is 3.11. The van der Waals surface area contributed by atoms with E-state index in [4.69, 9.17) is 16.3 Å². The molecule has 0 unspecified atom stereocenters. The Labute approximate surface area is 204 Å². The Morgan fingerprint density at radius 1 is 1.23 bits per heavy atom. The number of benzene rings is 2. The molecular formula is C25H18ClN5O4. The number of halogens is 1. The summed E-state index contributed by atoms with van der Waals surface area (Å²) in [6.07, 6.45) is 1.56. The van der Waals surface area contributed by atoms with Crippen LogP contribution in [0.25, 0.3) is 16.6 Å². The molecule has 174 valence electrons. The summed E-state index contributed by atoms with van der Waals surface area (Å²) in [5.41, 5.74) is 1.91. The van der Waals surface area contributed by atoms with Crippen molar-refractivity contribution in [2.45, 2.75) is 25.1 Å². The van der Waals surface area contributed by atoms with E-state index in [1.165, 1.54) is 4.57 Å². The Balaban J connectivity index is 1.36. The highest BCUT2D eigenvalue weighted by molar-refractivity contribution is 6.31. The van der Waals surface area contributed by atoms with Crippen molar-refractivity contribution in [3.05, 3.63) is 87.1 Å². The molecule has 2 aliphatic rings. The van der Waals surface area contributed by atoms with Gasteiger partial charge >= 0.3 is 11.8 Å². The van der Waals surface area contributed by atoms with Gasteiger partial charge in [-0.2, -0.15) is 5.26 Å². The van der Waals surface area contributed by atoms with Gasteiger partial charge in [-0.1, -0.05) is 29.8 Å². The molecule has 9 nitrogen and oxygen atoms in total. The van der Waals surface area contributed by atoms with Crippen LogP contribution >= 0.6 is 11.6 Å². The second-order valence-electron chi connectivity index (χ2n) is 8.54. The molecule has 0 spiro atoms. The van der Waals surface area contributed by atoms with Crippen molar-refractivity contribution in [3.8, 4) is 17.6 Å². The van der Waals surface area contributed by atoms with E-state index < -0.39 is 17.8 Å². The number of hydrogen-bond donors (Lipinski definition) is 1. The number of ether oxygens (including phenoxy) is 1. The highest BCUT2D eigenvalue weighted by atomic mass is 35.5. The van der Waals surface area contributed by atoms with Gasteiger partial charge in [0.25, 0.3) is 0 Å². The summed E-state index contributed by atoms with van der Waals surface area (Å²) in [5, 5.41) is 21.7. The standard InChI is InChI=1S/C25H18ClN5O4/c26-18-6-2-1-4-15(18)13-35-25(34)29-12-16-10-20(29)22-23(32)31(24(33)30(16)22)19-8-7-14(11-27)21-17(19)5-3-9-28-21/h1-9,16,20,32H,10,12-13H2/t16-,20-/m0/s1. The van der Waals surface area contributed by atoms with E-state index in [9.17, 15) is 20.0 Å². The molecule has 4 heterocycles. The van der Waals surface area contributed by atoms with Crippen molar-refractivity contribution in [2.75, 3.05) is 6.54 Å². The van der Waals surface area contributed by atoms with Crippen LogP contribution in [0, 0.1) is 11.3 Å². The quantitative estimate of drug-likeness (QED) is 0.466. The van der Waals surface area contributed by atoms with Crippen LogP contribution in [-0.2, 0) is 11.3 Å². The summed E-state index contributed by atoms with van der Waals surface area (Å²) in [6.45, 7) is 0.328. The molecule has 1 amide bonds. The highest BCUT2D eigenvalue weighted by Gasteiger charge is 2.49. The highest BCUT2D eigenvalue weighted by Crippen LogP contribution is 2.49. The zero-order valence-electron chi connectivity index (χ0n) is 18.3. The van der Waals surface area contributed by atoms with Crippen LogP contribution in [-0.4, -0.2) is 36.8 Å². The largest absolute Gasteiger partial charge is 0.493 e. The van der Waals surface area contributed by atoms with E-state index in [1.54, 1.807) is 58.1 Å². The van der Waals surface area contributed by atoms with Gasteiger partial charge in [-0.05, 0) is 36.8 Å². The molecule has 4 aromatic rings. The lowest BCUT2D eigenvalue weighted by Gasteiger charge is -2.27. The summed E-state index contributed by atoms with van der Waals surface area (Å²) in [4.78, 5) is 32.1. The van der Waals surface area contributed by atoms with Gasteiger partial charge in [0.15, 0.2) is 0 Å². The van der Waals surface area contributed by atoms with Gasteiger partial charge in [0.1, 0.15) is 18.4 Å². The average molecular weight is 488 g/mol. The first-order valence-electron chi connectivity index (χ1n) is 11.0. The van der Waals surface area contributed by atoms with E-state index in [0.717, 1.165) is 0 Å². The first-order chi connectivity index (χ1) is 17.0. The minimum atomic E-state index is -0.531. The smallest absolute Gasteiger partial charge is 0.410 e. The summed E-state index contributed by atoms with van der Waals surface area (Å²) < 4.78 is 8.27. The summed E-state index contributed by atoms with van der Waals surface area (Å²) in [6, 6.07) is 15.1. The van der Waals surface area contributed by atoms with Crippen molar-refractivity contribution < 1.29 is 14.6 Å². The van der Waals surface area contributed by atoms with Crippen molar-refractivity contribution in [2.24, 2.45) is 0 Å². The fraction of sp³-hybridized carbons (Fsp3) is 0.200. The maximum Gasteiger partial charge on any atom is 0.410 e. The van der Waals surface area contributed by atoms with Gasteiger partial charge < -0.3 is 9.84 Å². The molecule has 2 aromatic carbocycles. The number of amides is 1. The van der Waals surface area contributed by atoms with E-state index >= 15 is 0 Å². The molecule has 1 fully saturated rings. The van der Waals surface area contributed by atoms with Crippen LogP contribution in [0.1, 0.15) is 35.3 Å². The van der Waals surface area contributed by atoms with E-state index in [2.05, 4.69) is 11.1 Å². The topological polar surface area (TPSA) is 113 Å². The first-order valence-corrected chi connectivity index (χ1v) is 11.4. The predicted octanol–water partition coefficient (Wildman–Crippen LogP) is 4.06. The van der Waals surface area contributed by atoms with Gasteiger partial charge in [0.05, 0.1) is 28.9 Å². The lowest BCUT2D eigenvalue weighted by molar-refractivity contribution is 0.0870. The number of carbonyl (C=O) groups is 1. The molecule has 0 saturated carbocycles. The third-order valence-electron chi connectivity index (χ3n) is 6.71. The summed E-state index contributed by atoms with van der Waals surface area (Å²) in [7, 11) is 0. The normalized spacial score (nSPS) is 18.0. The molecule has 2 aromatic heterocycles. The Bertz CT molecular complexity index is 1620. The Morgan fingerprint density at radius 2 is 2.06 bits per heavy atom. The third-order valence-corrected chi connectivity index (χ3v) is 7.08. The molecular weight excluding hydrogens is 470 g/mol. The fourth-order valence-electron chi connectivity index (χ4n) is 5.15.